The van der Waals surface area contributed by atoms with Crippen LogP contribution in [0.25, 0.3) is 11.8 Å². The summed E-state index contributed by atoms with van der Waals surface area (Å²) in [4.78, 5) is 10.7. The van der Waals surface area contributed by atoms with Crippen LogP contribution in [0.1, 0.15) is 82.4 Å². The number of nitrogens with one attached hydrogen (secondary N) is 1. The molecule has 0 radical (unpaired) electrons. The van der Waals surface area contributed by atoms with Crippen LogP contribution >= 0.6 is 0 Å². The number of hydrogen-bond donors (Lipinski definition) is 3. The predicted molar refractivity (Wildman–Crippen MR) is 192 cm³/mol. The fourth-order valence-corrected chi connectivity index (χ4v) is 5.50. The predicted octanol–water partition coefficient (Wildman–Crippen LogP) is 8.61. The first-order valence-corrected chi connectivity index (χ1v) is 18.3. The van der Waals surface area contributed by atoms with Gasteiger partial charge in [0.1, 0.15) is 0 Å². The van der Waals surface area contributed by atoms with E-state index in [0.717, 1.165) is 11.1 Å². The Morgan fingerprint density at radius 3 is 1.54 bits per heavy atom. The van der Waals surface area contributed by atoms with Crippen LogP contribution in [0.3, 0.4) is 0 Å². The van der Waals surface area contributed by atoms with Crippen molar-refractivity contribution in [3.63, 3.8) is 0 Å². The van der Waals surface area contributed by atoms with E-state index in [1.165, 1.54) is 6.07 Å². The number of sulfonamides is 2. The van der Waals surface area contributed by atoms with Crippen molar-refractivity contribution >= 4 is 37.8 Å². The van der Waals surface area contributed by atoms with Crippen molar-refractivity contribution < 1.29 is 26.7 Å². The molecule has 0 saturated heterocycles. The molecule has 10 heteroatoms. The Morgan fingerprint density at radius 1 is 0.674 bits per heavy atom. The van der Waals surface area contributed by atoms with E-state index in [1.54, 1.807) is 73.7 Å². The Labute approximate surface area is 277 Å². The molecule has 252 valence electrons. The first-order chi connectivity index (χ1) is 22.0. The monoisotopic (exact) mass is 670 g/mol. The van der Waals surface area contributed by atoms with Gasteiger partial charge in [-0.15, -0.1) is 0 Å². The Balaban J connectivity index is 0. The van der Waals surface area contributed by atoms with Crippen LogP contribution in [-0.2, 0) is 20.0 Å². The first kappa shape index (κ1) is 43.9. The highest BCUT2D eigenvalue weighted by molar-refractivity contribution is 7.90. The van der Waals surface area contributed by atoms with Gasteiger partial charge in [-0.1, -0.05) is 140 Å². The molecule has 0 unspecified atom stereocenters. The molecule has 0 atom stereocenters. The minimum atomic E-state index is -3.53. The quantitative estimate of drug-likeness (QED) is 0.199. The molecule has 5 rings (SSSR count). The molecular formula is C36H50N2O6S2. The van der Waals surface area contributed by atoms with Gasteiger partial charge in [0, 0.05) is 0 Å². The lowest BCUT2D eigenvalue weighted by molar-refractivity contribution is 0.0697. The molecule has 0 bridgehead atoms. The summed E-state index contributed by atoms with van der Waals surface area (Å²) >= 11 is 0. The number of nitrogens with two attached hydrogens (primary N) is 1. The van der Waals surface area contributed by atoms with E-state index >= 15 is 0 Å². The molecular weight excluding hydrogens is 621 g/mol. The van der Waals surface area contributed by atoms with Crippen molar-refractivity contribution in [2.45, 2.75) is 72.1 Å². The topological polar surface area (TPSA) is 144 Å². The molecule has 0 amide bonds. The van der Waals surface area contributed by atoms with E-state index in [4.69, 9.17) is 10.2 Å². The molecule has 1 aliphatic heterocycles. The van der Waals surface area contributed by atoms with Gasteiger partial charge in [0.25, 0.3) is 10.0 Å². The molecule has 4 aromatic carbocycles. The summed E-state index contributed by atoms with van der Waals surface area (Å²) in [5.74, 6) is -0.879. The van der Waals surface area contributed by atoms with E-state index < -0.39 is 26.0 Å². The standard InChI is InChI=1S/C14H11NO2S.C7H9NO2S.C7H6O2.4C2H6/c16-18(17)14-9-5-4-8-12(14)10-13(15-18)11-6-2-1-3-7-11;1-6-4-2-3-5-7(6)11(8,9)10;8-7(9)6-4-2-1-3-5-6;4*1-2/h1-10,15H;2-5H,1H3,(H2,8,9,10);1-5H,(H,8,9);4*1-2H3. The fourth-order valence-electron chi connectivity index (χ4n) is 3.45. The van der Waals surface area contributed by atoms with Gasteiger partial charge >= 0.3 is 5.97 Å². The van der Waals surface area contributed by atoms with Gasteiger partial charge in [-0.2, -0.15) is 0 Å². The fraction of sp³-hybridized carbons (Fsp3) is 0.250. The maximum Gasteiger partial charge on any atom is 0.335 e. The summed E-state index contributed by atoms with van der Waals surface area (Å²) in [6.45, 7) is 17.7. The number of carbonyl (C=O) groups is 1. The van der Waals surface area contributed by atoms with Crippen molar-refractivity contribution in [1.82, 2.24) is 4.72 Å². The number of aryl methyl sites for hydroxylation is 1. The zero-order chi connectivity index (χ0) is 35.8. The van der Waals surface area contributed by atoms with Gasteiger partial charge in [0.05, 0.1) is 21.1 Å². The lowest BCUT2D eigenvalue weighted by Crippen LogP contribution is -2.26. The zero-order valence-electron chi connectivity index (χ0n) is 28.4. The van der Waals surface area contributed by atoms with Gasteiger partial charge < -0.3 is 5.11 Å². The summed E-state index contributed by atoms with van der Waals surface area (Å²) in [5.41, 5.74) is 3.19. The molecule has 1 heterocycles. The molecule has 4 N–H and O–H groups in total. The lowest BCUT2D eigenvalue weighted by atomic mass is 10.1. The van der Waals surface area contributed by atoms with Crippen LogP contribution in [0.2, 0.25) is 0 Å². The minimum Gasteiger partial charge on any atom is -0.478 e. The Kier molecular flexibility index (Phi) is 22.9. The van der Waals surface area contributed by atoms with E-state index in [2.05, 4.69) is 4.72 Å². The second-order valence-electron chi connectivity index (χ2n) is 8.05. The minimum absolute atomic E-state index is 0.194. The number of benzene rings is 4. The van der Waals surface area contributed by atoms with Crippen LogP contribution in [-0.4, -0.2) is 27.9 Å². The molecule has 46 heavy (non-hydrogen) atoms. The van der Waals surface area contributed by atoms with Gasteiger partial charge in [0.2, 0.25) is 10.0 Å². The molecule has 0 saturated carbocycles. The number of carboxylic acid groups (broad SMARTS) is 1. The maximum atomic E-state index is 12.1. The third-order valence-electron chi connectivity index (χ3n) is 5.26. The summed E-state index contributed by atoms with van der Waals surface area (Å²) < 4.78 is 48.5. The number of rotatable bonds is 3. The SMILES string of the molecule is CC.CC.CC.CC.Cc1ccccc1S(N)(=O)=O.O=C(O)c1ccccc1.O=S1(=O)NC(c2ccccc2)=Cc2ccccc21. The van der Waals surface area contributed by atoms with Crippen molar-refractivity contribution in [2.75, 3.05) is 0 Å². The summed E-state index contributed by atoms with van der Waals surface area (Å²) in [5, 5.41) is 13.3. The number of primary sulfonamides is 1. The number of carboxylic acids is 1. The second-order valence-corrected chi connectivity index (χ2v) is 11.2. The number of hydrogen-bond acceptors (Lipinski definition) is 5. The average molecular weight is 671 g/mol. The zero-order valence-corrected chi connectivity index (χ0v) is 30.0. The normalized spacial score (nSPS) is 11.4. The molecule has 4 aromatic rings. The highest BCUT2D eigenvalue weighted by Crippen LogP contribution is 2.27. The van der Waals surface area contributed by atoms with Crippen LogP contribution in [0.5, 0.6) is 0 Å². The first-order valence-electron chi connectivity index (χ1n) is 15.2. The van der Waals surface area contributed by atoms with E-state index in [0.29, 0.717) is 21.7 Å². The van der Waals surface area contributed by atoms with Gasteiger partial charge in [-0.05, 0) is 54.0 Å². The van der Waals surface area contributed by atoms with Gasteiger partial charge in [0.15, 0.2) is 0 Å². The third-order valence-corrected chi connectivity index (χ3v) is 7.77. The Morgan fingerprint density at radius 2 is 1.11 bits per heavy atom. The van der Waals surface area contributed by atoms with E-state index in [-0.39, 0.29) is 4.90 Å². The molecule has 0 aromatic heterocycles. The summed E-state index contributed by atoms with van der Waals surface area (Å²) in [7, 11) is -6.99. The van der Waals surface area contributed by atoms with Crippen molar-refractivity contribution in [3.05, 3.63) is 131 Å². The number of fused-ring (bicyclic) bond motifs is 1. The maximum absolute atomic E-state index is 12.1. The largest absolute Gasteiger partial charge is 0.478 e. The molecule has 1 aliphatic rings. The van der Waals surface area contributed by atoms with Crippen molar-refractivity contribution in [3.8, 4) is 0 Å². The Bertz CT molecular complexity index is 1660. The van der Waals surface area contributed by atoms with Crippen molar-refractivity contribution in [1.29, 1.82) is 0 Å². The molecule has 0 spiro atoms. The smallest absolute Gasteiger partial charge is 0.335 e. The van der Waals surface area contributed by atoms with Crippen molar-refractivity contribution in [2.24, 2.45) is 5.14 Å². The summed E-state index contributed by atoms with van der Waals surface area (Å²) in [6, 6.07) is 31.3. The third kappa shape index (κ3) is 15.2. The van der Waals surface area contributed by atoms with E-state index in [1.807, 2.05) is 97.9 Å². The Hall–Kier alpha value is -4.25. The van der Waals surface area contributed by atoms with E-state index in [9.17, 15) is 21.6 Å². The van der Waals surface area contributed by atoms with Crippen LogP contribution < -0.4 is 9.86 Å². The summed E-state index contributed by atoms with van der Waals surface area (Å²) in [6.07, 6.45) is 1.85. The molecule has 0 fully saturated rings. The molecule has 0 aliphatic carbocycles. The van der Waals surface area contributed by atoms with Crippen LogP contribution in [0.4, 0.5) is 0 Å². The van der Waals surface area contributed by atoms with Gasteiger partial charge in [-0.3, -0.25) is 4.72 Å². The average Bonchev–Trinajstić information content (AvgIpc) is 3.09. The van der Waals surface area contributed by atoms with Crippen LogP contribution in [0, 0.1) is 6.92 Å². The lowest BCUT2D eigenvalue weighted by Gasteiger charge is -2.19. The highest BCUT2D eigenvalue weighted by atomic mass is 32.2. The van der Waals surface area contributed by atoms with Crippen LogP contribution in [0.15, 0.2) is 119 Å². The molecule has 8 nitrogen and oxygen atoms in total. The van der Waals surface area contributed by atoms with Gasteiger partial charge in [-0.25, -0.2) is 26.8 Å². The number of aromatic carboxylic acids is 1. The second kappa shape index (κ2) is 24.0. The highest BCUT2D eigenvalue weighted by Gasteiger charge is 2.23.